The molecule has 0 aliphatic carbocycles. The van der Waals surface area contributed by atoms with E-state index in [1.165, 1.54) is 11.3 Å². The molecule has 0 saturated carbocycles. The van der Waals surface area contributed by atoms with Crippen molar-refractivity contribution in [1.82, 2.24) is 9.80 Å². The zero-order valence-electron chi connectivity index (χ0n) is 14.9. The van der Waals surface area contributed by atoms with Gasteiger partial charge in [0.05, 0.1) is 5.56 Å². The van der Waals surface area contributed by atoms with Crippen molar-refractivity contribution in [3.8, 4) is 0 Å². The minimum absolute atomic E-state index is 0.0229. The first-order valence-electron chi connectivity index (χ1n) is 8.92. The lowest BCUT2D eigenvalue weighted by molar-refractivity contribution is -0.131. The second kappa shape index (κ2) is 9.28. The Kier molecular flexibility index (Phi) is 6.79. The molecule has 1 aromatic carbocycles. The number of hydrogen-bond acceptors (Lipinski definition) is 4. The lowest BCUT2D eigenvalue weighted by Crippen LogP contribution is -2.37. The molecule has 3 rings (SSSR count). The molecular formula is C20H21BrN2O3S. The fourth-order valence-electron chi connectivity index (χ4n) is 3.10. The van der Waals surface area contributed by atoms with Crippen molar-refractivity contribution in [2.75, 3.05) is 26.2 Å². The summed E-state index contributed by atoms with van der Waals surface area (Å²) >= 11 is 4.85. The van der Waals surface area contributed by atoms with Crippen molar-refractivity contribution in [3.05, 3.63) is 56.7 Å². The van der Waals surface area contributed by atoms with Gasteiger partial charge < -0.3 is 9.80 Å². The van der Waals surface area contributed by atoms with Gasteiger partial charge in [-0.25, -0.2) is 0 Å². The summed E-state index contributed by atoms with van der Waals surface area (Å²) in [5, 5.41) is 3.74. The Balaban J connectivity index is 1.50. The monoisotopic (exact) mass is 448 g/mol. The van der Waals surface area contributed by atoms with E-state index < -0.39 is 0 Å². The molecule has 142 valence electrons. The number of ketones is 1. The molecule has 0 atom stereocenters. The number of benzene rings is 1. The molecule has 0 spiro atoms. The number of rotatable bonds is 5. The number of amides is 2. The van der Waals surface area contributed by atoms with Gasteiger partial charge in [-0.2, -0.15) is 11.3 Å². The van der Waals surface area contributed by atoms with E-state index in [9.17, 15) is 14.4 Å². The molecule has 1 aliphatic heterocycles. The molecular weight excluding hydrogens is 428 g/mol. The highest BCUT2D eigenvalue weighted by molar-refractivity contribution is 9.10. The van der Waals surface area contributed by atoms with Crippen LogP contribution < -0.4 is 0 Å². The average Bonchev–Trinajstić information content (AvgIpc) is 3.10. The van der Waals surface area contributed by atoms with Crippen LogP contribution in [0.5, 0.6) is 0 Å². The minimum atomic E-state index is -0.0278. The third kappa shape index (κ3) is 5.26. The Morgan fingerprint density at radius 3 is 2.30 bits per heavy atom. The van der Waals surface area contributed by atoms with Crippen LogP contribution in [0.1, 0.15) is 40.0 Å². The summed E-state index contributed by atoms with van der Waals surface area (Å²) in [6.07, 6.45) is 1.16. The number of carbonyl (C=O) groups excluding carboxylic acids is 3. The van der Waals surface area contributed by atoms with Crippen molar-refractivity contribution < 1.29 is 14.4 Å². The SMILES string of the molecule is O=C(CCC(=O)N1CCCN(C(=O)c2ccsc2)CC1)c1ccc(Br)cc1. The van der Waals surface area contributed by atoms with E-state index in [0.717, 1.165) is 10.9 Å². The van der Waals surface area contributed by atoms with E-state index in [0.29, 0.717) is 37.3 Å². The molecule has 1 aromatic heterocycles. The lowest BCUT2D eigenvalue weighted by atomic mass is 10.1. The quantitative estimate of drug-likeness (QED) is 0.652. The van der Waals surface area contributed by atoms with Crippen molar-refractivity contribution in [2.45, 2.75) is 19.3 Å². The van der Waals surface area contributed by atoms with E-state index in [1.54, 1.807) is 17.0 Å². The summed E-state index contributed by atoms with van der Waals surface area (Å²) in [7, 11) is 0. The maximum atomic E-state index is 12.5. The molecule has 7 heteroatoms. The normalized spacial score (nSPS) is 14.7. The van der Waals surface area contributed by atoms with Crippen LogP contribution in [0.3, 0.4) is 0 Å². The third-order valence-corrected chi connectivity index (χ3v) is 5.85. The Morgan fingerprint density at radius 1 is 0.889 bits per heavy atom. The Bertz CT molecular complexity index is 805. The van der Waals surface area contributed by atoms with Crippen LogP contribution >= 0.6 is 27.3 Å². The highest BCUT2D eigenvalue weighted by Crippen LogP contribution is 2.15. The van der Waals surface area contributed by atoms with Gasteiger partial charge in [0.2, 0.25) is 5.91 Å². The molecule has 0 unspecified atom stereocenters. The number of nitrogens with zero attached hydrogens (tertiary/aromatic N) is 2. The summed E-state index contributed by atoms with van der Waals surface area (Å²) in [4.78, 5) is 40.8. The number of thiophene rings is 1. The summed E-state index contributed by atoms with van der Waals surface area (Å²) in [5.41, 5.74) is 1.33. The molecule has 0 N–H and O–H groups in total. The number of halogens is 1. The van der Waals surface area contributed by atoms with Gasteiger partial charge in [-0.1, -0.05) is 28.1 Å². The van der Waals surface area contributed by atoms with Gasteiger partial charge >= 0.3 is 0 Å². The van der Waals surface area contributed by atoms with Crippen LogP contribution in [0.15, 0.2) is 45.6 Å². The fraction of sp³-hybridized carbons (Fsp3) is 0.350. The molecule has 2 amide bonds. The molecule has 2 heterocycles. The summed E-state index contributed by atoms with van der Waals surface area (Å²) in [6, 6.07) is 8.99. The maximum Gasteiger partial charge on any atom is 0.254 e. The first-order chi connectivity index (χ1) is 13.0. The number of hydrogen-bond donors (Lipinski definition) is 0. The molecule has 0 bridgehead atoms. The van der Waals surface area contributed by atoms with E-state index in [-0.39, 0.29) is 30.4 Å². The first-order valence-corrected chi connectivity index (χ1v) is 10.7. The Hall–Kier alpha value is -1.99. The fourth-order valence-corrected chi connectivity index (χ4v) is 3.99. The molecule has 1 fully saturated rings. The van der Waals surface area contributed by atoms with Crippen molar-refractivity contribution in [1.29, 1.82) is 0 Å². The molecule has 5 nitrogen and oxygen atoms in total. The second-order valence-corrected chi connectivity index (χ2v) is 8.16. The molecule has 0 radical (unpaired) electrons. The van der Waals surface area contributed by atoms with Gasteiger partial charge in [-0.05, 0) is 30.0 Å². The van der Waals surface area contributed by atoms with Gasteiger partial charge in [0.1, 0.15) is 0 Å². The Morgan fingerprint density at radius 2 is 1.59 bits per heavy atom. The highest BCUT2D eigenvalue weighted by atomic mass is 79.9. The molecule has 27 heavy (non-hydrogen) atoms. The molecule has 1 saturated heterocycles. The van der Waals surface area contributed by atoms with Crippen molar-refractivity contribution in [2.24, 2.45) is 0 Å². The molecule has 1 aliphatic rings. The number of Topliss-reactive ketones (excluding diaryl/α,β-unsaturated/α-hetero) is 1. The van der Waals surface area contributed by atoms with E-state index >= 15 is 0 Å². The zero-order chi connectivity index (χ0) is 19.2. The minimum Gasteiger partial charge on any atom is -0.341 e. The predicted molar refractivity (Wildman–Crippen MR) is 109 cm³/mol. The van der Waals surface area contributed by atoms with Crippen LogP contribution in [0.2, 0.25) is 0 Å². The van der Waals surface area contributed by atoms with Crippen molar-refractivity contribution in [3.63, 3.8) is 0 Å². The second-order valence-electron chi connectivity index (χ2n) is 6.47. The van der Waals surface area contributed by atoms with E-state index in [4.69, 9.17) is 0 Å². The topological polar surface area (TPSA) is 57.7 Å². The largest absolute Gasteiger partial charge is 0.341 e. The standard InChI is InChI=1S/C20H21BrN2O3S/c21-17-4-2-15(3-5-17)18(24)6-7-19(25)22-9-1-10-23(12-11-22)20(26)16-8-13-27-14-16/h2-5,8,13-14H,1,6-7,9-12H2. The van der Waals surface area contributed by atoms with Crippen LogP contribution in [-0.4, -0.2) is 53.6 Å². The van der Waals surface area contributed by atoms with Gasteiger partial charge in [0.15, 0.2) is 5.78 Å². The van der Waals surface area contributed by atoms with Crippen LogP contribution in [0, 0.1) is 0 Å². The van der Waals surface area contributed by atoms with Gasteiger partial charge in [-0.3, -0.25) is 14.4 Å². The molecule has 2 aromatic rings. The van der Waals surface area contributed by atoms with Gasteiger partial charge in [0.25, 0.3) is 5.91 Å². The van der Waals surface area contributed by atoms with Crippen LogP contribution in [0.4, 0.5) is 0 Å². The summed E-state index contributed by atoms with van der Waals surface area (Å²) < 4.78 is 0.918. The maximum absolute atomic E-state index is 12.5. The summed E-state index contributed by atoms with van der Waals surface area (Å²) in [5.74, 6) is -0.0267. The highest BCUT2D eigenvalue weighted by Gasteiger charge is 2.23. The van der Waals surface area contributed by atoms with Gasteiger partial charge in [-0.15, -0.1) is 0 Å². The third-order valence-electron chi connectivity index (χ3n) is 4.64. The smallest absolute Gasteiger partial charge is 0.254 e. The summed E-state index contributed by atoms with van der Waals surface area (Å²) in [6.45, 7) is 2.32. The van der Waals surface area contributed by atoms with E-state index in [2.05, 4.69) is 15.9 Å². The van der Waals surface area contributed by atoms with E-state index in [1.807, 2.05) is 33.9 Å². The van der Waals surface area contributed by atoms with Crippen molar-refractivity contribution >= 4 is 44.9 Å². The van der Waals surface area contributed by atoms with Crippen LogP contribution in [-0.2, 0) is 4.79 Å². The predicted octanol–water partition coefficient (Wildman–Crippen LogP) is 3.85. The average molecular weight is 449 g/mol. The van der Waals surface area contributed by atoms with Crippen LogP contribution in [0.25, 0.3) is 0 Å². The van der Waals surface area contributed by atoms with Gasteiger partial charge in [0, 0.05) is 54.4 Å². The zero-order valence-corrected chi connectivity index (χ0v) is 17.3. The first kappa shape index (κ1) is 19.8. The lowest BCUT2D eigenvalue weighted by Gasteiger charge is -2.22. The number of carbonyl (C=O) groups is 3. The Labute approximate surface area is 171 Å².